The molecule has 35 heavy (non-hydrogen) atoms. The minimum atomic E-state index is 0.377. The summed E-state index contributed by atoms with van der Waals surface area (Å²) in [7, 11) is 1.64. The van der Waals surface area contributed by atoms with E-state index in [1.165, 1.54) is 18.4 Å². The van der Waals surface area contributed by atoms with Crippen molar-refractivity contribution in [3.8, 4) is 23.7 Å². The molecule has 0 radical (unpaired) electrons. The van der Waals surface area contributed by atoms with Crippen LogP contribution in [0.4, 0.5) is 5.82 Å². The first-order chi connectivity index (χ1) is 17.2. The fraction of sp³-hybridized carbons (Fsp3) is 0.296. The Kier molecular flexibility index (Phi) is 5.36. The zero-order valence-electron chi connectivity index (χ0n) is 19.2. The summed E-state index contributed by atoms with van der Waals surface area (Å²) in [4.78, 5) is 0. The molecule has 2 aromatic carbocycles. The van der Waals surface area contributed by atoms with E-state index in [-0.39, 0.29) is 0 Å². The molecule has 0 bridgehead atoms. The normalized spacial score (nSPS) is 14.9. The summed E-state index contributed by atoms with van der Waals surface area (Å²) in [6.45, 7) is 0.531. The van der Waals surface area contributed by atoms with Gasteiger partial charge in [0.2, 0.25) is 0 Å². The molecule has 174 valence electrons. The van der Waals surface area contributed by atoms with E-state index in [0.29, 0.717) is 40.6 Å². The Morgan fingerprint density at radius 1 is 1.17 bits per heavy atom. The Labute approximate surface area is 208 Å². The third-order valence-electron chi connectivity index (χ3n) is 6.58. The van der Waals surface area contributed by atoms with E-state index in [1.54, 1.807) is 7.11 Å². The van der Waals surface area contributed by atoms with Crippen LogP contribution in [0, 0.1) is 23.2 Å². The fourth-order valence-corrected chi connectivity index (χ4v) is 4.66. The van der Waals surface area contributed by atoms with Gasteiger partial charge in [0.25, 0.3) is 0 Å². The summed E-state index contributed by atoms with van der Waals surface area (Å²) < 4.78 is 7.35. The van der Waals surface area contributed by atoms with Gasteiger partial charge in [-0.2, -0.15) is 15.5 Å². The lowest BCUT2D eigenvalue weighted by atomic mass is 10.0. The van der Waals surface area contributed by atoms with Crippen LogP contribution in [0.15, 0.2) is 36.5 Å². The van der Waals surface area contributed by atoms with Crippen molar-refractivity contribution in [1.29, 1.82) is 5.26 Å². The van der Waals surface area contributed by atoms with Crippen LogP contribution in [-0.2, 0) is 6.54 Å². The standard InChI is InChI=1S/C27H23ClN6O/c1-35-19-8-2-16(3-9-19)14-30-27-22(13-29)25(32-33-27)11-10-20-23-15-31-34(18-6-7-18)26(23)21(12-24(20)28)17-4-5-17/h2-3,8-9,12,15,17-18H,4-7,14H2,1H3,(H2,30,32,33). The van der Waals surface area contributed by atoms with Crippen molar-refractivity contribution in [1.82, 2.24) is 20.0 Å². The van der Waals surface area contributed by atoms with Gasteiger partial charge in [0.15, 0.2) is 5.69 Å². The lowest BCUT2D eigenvalue weighted by molar-refractivity contribution is 0.414. The van der Waals surface area contributed by atoms with Crippen LogP contribution < -0.4 is 10.1 Å². The lowest BCUT2D eigenvalue weighted by Gasteiger charge is -2.09. The van der Waals surface area contributed by atoms with Gasteiger partial charge in [-0.1, -0.05) is 29.7 Å². The van der Waals surface area contributed by atoms with Crippen LogP contribution in [0.5, 0.6) is 5.75 Å². The second-order valence-electron chi connectivity index (χ2n) is 9.07. The predicted octanol–water partition coefficient (Wildman–Crippen LogP) is 5.52. The van der Waals surface area contributed by atoms with Crippen molar-refractivity contribution in [2.45, 2.75) is 44.2 Å². The number of H-pyrrole nitrogens is 1. The van der Waals surface area contributed by atoms with Crippen molar-refractivity contribution in [3.63, 3.8) is 0 Å². The van der Waals surface area contributed by atoms with E-state index >= 15 is 0 Å². The fourth-order valence-electron chi connectivity index (χ4n) is 4.39. The Bertz CT molecular complexity index is 1520. The first-order valence-electron chi connectivity index (χ1n) is 11.7. The quantitative estimate of drug-likeness (QED) is 0.353. The first-order valence-corrected chi connectivity index (χ1v) is 12.1. The molecule has 2 aliphatic rings. The number of aromatic nitrogens is 4. The molecule has 0 amide bonds. The maximum Gasteiger partial charge on any atom is 0.155 e. The number of anilines is 1. The van der Waals surface area contributed by atoms with Gasteiger partial charge in [-0.15, -0.1) is 0 Å². The Morgan fingerprint density at radius 2 is 1.97 bits per heavy atom. The number of nitriles is 1. The van der Waals surface area contributed by atoms with E-state index in [9.17, 15) is 5.26 Å². The van der Waals surface area contributed by atoms with Gasteiger partial charge in [0, 0.05) is 11.9 Å². The van der Waals surface area contributed by atoms with Crippen molar-refractivity contribution >= 4 is 28.3 Å². The van der Waals surface area contributed by atoms with E-state index in [2.05, 4.69) is 49.3 Å². The molecule has 2 N–H and O–H groups in total. The topological polar surface area (TPSA) is 91.5 Å². The number of hydrogen-bond donors (Lipinski definition) is 2. The predicted molar refractivity (Wildman–Crippen MR) is 135 cm³/mol. The number of ether oxygens (including phenoxy) is 1. The van der Waals surface area contributed by atoms with Gasteiger partial charge < -0.3 is 10.1 Å². The third-order valence-corrected chi connectivity index (χ3v) is 6.88. The molecule has 2 fully saturated rings. The zero-order chi connectivity index (χ0) is 23.9. The van der Waals surface area contributed by atoms with Crippen LogP contribution in [-0.4, -0.2) is 27.1 Å². The summed E-state index contributed by atoms with van der Waals surface area (Å²) in [5.74, 6) is 8.16. The van der Waals surface area contributed by atoms with E-state index < -0.39 is 0 Å². The molecule has 0 atom stereocenters. The number of rotatable bonds is 6. The van der Waals surface area contributed by atoms with E-state index in [0.717, 1.165) is 40.6 Å². The van der Waals surface area contributed by atoms with Crippen LogP contribution >= 0.6 is 11.6 Å². The minimum Gasteiger partial charge on any atom is -0.497 e. The van der Waals surface area contributed by atoms with Crippen molar-refractivity contribution < 1.29 is 4.74 Å². The van der Waals surface area contributed by atoms with Crippen molar-refractivity contribution in [3.05, 3.63) is 69.5 Å². The number of fused-ring (bicyclic) bond motifs is 1. The molecule has 6 rings (SSSR count). The van der Waals surface area contributed by atoms with Gasteiger partial charge in [-0.05, 0) is 66.8 Å². The Morgan fingerprint density at radius 3 is 2.66 bits per heavy atom. The van der Waals surface area contributed by atoms with E-state index in [1.807, 2.05) is 30.5 Å². The number of halogens is 1. The van der Waals surface area contributed by atoms with E-state index in [4.69, 9.17) is 16.3 Å². The largest absolute Gasteiger partial charge is 0.497 e. The SMILES string of the molecule is COc1ccc(CNc2[nH]nc(C#Cc3c(Cl)cc(C4CC4)c4c3cnn4C3CC3)c2C#N)cc1. The maximum atomic E-state index is 9.78. The molecule has 8 heteroatoms. The molecule has 4 aromatic rings. The van der Waals surface area contributed by atoms with Crippen LogP contribution in [0.25, 0.3) is 10.9 Å². The average molecular weight is 483 g/mol. The lowest BCUT2D eigenvalue weighted by Crippen LogP contribution is -2.01. The van der Waals surface area contributed by atoms with Crippen molar-refractivity contribution in [2.24, 2.45) is 0 Å². The Balaban J connectivity index is 1.31. The molecule has 0 unspecified atom stereocenters. The number of methoxy groups -OCH3 is 1. The Hall–Kier alpha value is -3.94. The number of nitrogens with zero attached hydrogens (tertiary/aromatic N) is 4. The molecule has 2 saturated carbocycles. The molecular weight excluding hydrogens is 460 g/mol. The van der Waals surface area contributed by atoms with Crippen LogP contribution in [0.2, 0.25) is 5.02 Å². The molecule has 0 aliphatic heterocycles. The summed E-state index contributed by atoms with van der Waals surface area (Å²) in [5.41, 5.74) is 4.99. The highest BCUT2D eigenvalue weighted by atomic mass is 35.5. The maximum absolute atomic E-state index is 9.78. The monoisotopic (exact) mass is 482 g/mol. The minimum absolute atomic E-state index is 0.377. The first kappa shape index (κ1) is 21.6. The number of hydrogen-bond acceptors (Lipinski definition) is 5. The van der Waals surface area contributed by atoms with Gasteiger partial charge in [-0.25, -0.2) is 0 Å². The highest BCUT2D eigenvalue weighted by Gasteiger charge is 2.32. The summed E-state index contributed by atoms with van der Waals surface area (Å²) >= 11 is 6.71. The summed E-state index contributed by atoms with van der Waals surface area (Å²) in [5, 5.41) is 26.5. The number of nitrogens with one attached hydrogen (secondary N) is 2. The molecule has 7 nitrogen and oxygen atoms in total. The number of aromatic amines is 1. The van der Waals surface area contributed by atoms with Gasteiger partial charge in [0.05, 0.1) is 35.5 Å². The van der Waals surface area contributed by atoms with Crippen LogP contribution in [0.1, 0.15) is 65.6 Å². The smallest absolute Gasteiger partial charge is 0.155 e. The molecule has 0 spiro atoms. The number of benzene rings is 2. The van der Waals surface area contributed by atoms with Crippen LogP contribution in [0.3, 0.4) is 0 Å². The second kappa shape index (κ2) is 8.69. The van der Waals surface area contributed by atoms with Gasteiger partial charge >= 0.3 is 0 Å². The highest BCUT2D eigenvalue weighted by Crippen LogP contribution is 2.47. The van der Waals surface area contributed by atoms with Crippen molar-refractivity contribution in [2.75, 3.05) is 12.4 Å². The average Bonchev–Trinajstić information content (AvgIpc) is 3.82. The second-order valence-corrected chi connectivity index (χ2v) is 9.47. The van der Waals surface area contributed by atoms with Gasteiger partial charge in [0.1, 0.15) is 23.2 Å². The highest BCUT2D eigenvalue weighted by molar-refractivity contribution is 6.33. The molecule has 2 heterocycles. The van der Waals surface area contributed by atoms with Gasteiger partial charge in [-0.3, -0.25) is 9.78 Å². The summed E-state index contributed by atoms with van der Waals surface area (Å²) in [6, 6.07) is 12.5. The summed E-state index contributed by atoms with van der Waals surface area (Å²) in [6.07, 6.45) is 6.59. The molecule has 2 aliphatic carbocycles. The zero-order valence-corrected chi connectivity index (χ0v) is 20.0. The molecule has 0 saturated heterocycles. The third kappa shape index (κ3) is 4.09. The molecule has 2 aromatic heterocycles. The molecular formula is C27H23ClN6O.